The minimum absolute atomic E-state index is 0.0429. The zero-order chi connectivity index (χ0) is 26.1. The number of halogens is 3. The predicted octanol–water partition coefficient (Wildman–Crippen LogP) is 4.49. The van der Waals surface area contributed by atoms with Crippen molar-refractivity contribution in [1.29, 1.82) is 0 Å². The Morgan fingerprint density at radius 3 is 2.46 bits per heavy atom. The number of piperidine rings is 1. The third-order valence-electron chi connectivity index (χ3n) is 7.13. The molecule has 37 heavy (non-hydrogen) atoms. The highest BCUT2D eigenvalue weighted by molar-refractivity contribution is 6.31. The summed E-state index contributed by atoms with van der Waals surface area (Å²) in [5.74, 6) is -0.176. The van der Waals surface area contributed by atoms with Crippen molar-refractivity contribution in [2.75, 3.05) is 37.6 Å². The highest BCUT2D eigenvalue weighted by Crippen LogP contribution is 2.31. The molecule has 0 spiro atoms. The molecule has 0 aliphatic carbocycles. The fraction of sp³-hybridized carbons (Fsp3) is 0.480. The van der Waals surface area contributed by atoms with E-state index in [0.29, 0.717) is 54.5 Å². The molecule has 0 saturated carbocycles. The van der Waals surface area contributed by atoms with Gasteiger partial charge < -0.3 is 14.2 Å². The van der Waals surface area contributed by atoms with Crippen LogP contribution in [0, 0.1) is 12.9 Å². The summed E-state index contributed by atoms with van der Waals surface area (Å²) in [5, 5.41) is 8.25. The Kier molecular flexibility index (Phi) is 7.60. The quantitative estimate of drug-likeness (QED) is 0.461. The van der Waals surface area contributed by atoms with Gasteiger partial charge in [-0.05, 0) is 43.5 Å². The summed E-state index contributed by atoms with van der Waals surface area (Å²) in [6.07, 6.45) is 2.74. The first-order chi connectivity index (χ1) is 17.8. The molecule has 9 nitrogen and oxygen atoms in total. The summed E-state index contributed by atoms with van der Waals surface area (Å²) in [4.78, 5) is 27.6. The van der Waals surface area contributed by atoms with E-state index in [1.807, 2.05) is 9.80 Å². The lowest BCUT2D eigenvalue weighted by atomic mass is 9.97. The molecule has 1 atom stereocenters. The number of hydrogen-bond acceptors (Lipinski definition) is 8. The van der Waals surface area contributed by atoms with Gasteiger partial charge in [0.25, 0.3) is 11.8 Å². The molecule has 2 aliphatic heterocycles. The van der Waals surface area contributed by atoms with Gasteiger partial charge >= 0.3 is 0 Å². The second-order valence-electron chi connectivity index (χ2n) is 9.38. The zero-order valence-electron chi connectivity index (χ0n) is 20.7. The van der Waals surface area contributed by atoms with Crippen molar-refractivity contribution < 1.29 is 13.6 Å². The number of nitrogens with zero attached hydrogens (tertiary/aromatic N) is 7. The van der Waals surface area contributed by atoms with Crippen molar-refractivity contribution in [2.24, 2.45) is 0 Å². The first-order valence-corrected chi connectivity index (χ1v) is 13.2. The first-order valence-electron chi connectivity index (χ1n) is 12.4. The number of aromatic nitrogens is 4. The number of rotatable bonds is 5. The van der Waals surface area contributed by atoms with Crippen molar-refractivity contribution in [3.8, 4) is 11.6 Å². The monoisotopic (exact) mass is 547 g/mol. The summed E-state index contributed by atoms with van der Waals surface area (Å²) < 4.78 is 20.1. The van der Waals surface area contributed by atoms with Crippen LogP contribution in [-0.4, -0.2) is 80.7 Å². The summed E-state index contributed by atoms with van der Waals surface area (Å²) >= 11 is 12.4. The van der Waals surface area contributed by atoms with Crippen LogP contribution in [-0.2, 0) is 0 Å². The number of amides is 1. The summed E-state index contributed by atoms with van der Waals surface area (Å²) in [7, 11) is 0. The van der Waals surface area contributed by atoms with Crippen LogP contribution in [0.5, 0.6) is 0 Å². The van der Waals surface area contributed by atoms with Crippen LogP contribution in [0.1, 0.15) is 42.4 Å². The number of carbonyl (C=O) groups excluding carboxylic acids is 1. The van der Waals surface area contributed by atoms with Gasteiger partial charge in [0.1, 0.15) is 0 Å². The highest BCUT2D eigenvalue weighted by atomic mass is 35.5. The van der Waals surface area contributed by atoms with E-state index in [1.54, 1.807) is 31.2 Å². The Balaban J connectivity index is 1.23. The summed E-state index contributed by atoms with van der Waals surface area (Å²) in [6.45, 7) is 7.28. The molecule has 2 aliphatic rings. The van der Waals surface area contributed by atoms with Crippen LogP contribution < -0.4 is 4.90 Å². The van der Waals surface area contributed by atoms with Crippen LogP contribution in [0.15, 0.2) is 28.7 Å². The first kappa shape index (κ1) is 25.8. The van der Waals surface area contributed by atoms with E-state index in [4.69, 9.17) is 27.6 Å². The van der Waals surface area contributed by atoms with Gasteiger partial charge in [-0.1, -0.05) is 30.1 Å². The van der Waals surface area contributed by atoms with Gasteiger partial charge in [-0.2, -0.15) is 9.37 Å². The largest absolute Gasteiger partial charge is 0.419 e. The lowest BCUT2D eigenvalue weighted by Gasteiger charge is -2.47. The number of benzene rings is 1. The third kappa shape index (κ3) is 5.42. The average molecular weight is 548 g/mol. The number of carbonyl (C=O) groups is 1. The van der Waals surface area contributed by atoms with Crippen LogP contribution in [0.3, 0.4) is 0 Å². The van der Waals surface area contributed by atoms with Crippen molar-refractivity contribution in [2.45, 2.75) is 45.2 Å². The Bertz CT molecular complexity index is 1260. The van der Waals surface area contributed by atoms with E-state index in [0.717, 1.165) is 25.8 Å². The maximum absolute atomic E-state index is 14.8. The molecule has 2 fully saturated rings. The Morgan fingerprint density at radius 2 is 1.81 bits per heavy atom. The molecule has 1 aromatic carbocycles. The number of hydrogen-bond donors (Lipinski definition) is 0. The van der Waals surface area contributed by atoms with Gasteiger partial charge in [-0.25, -0.2) is 4.98 Å². The van der Waals surface area contributed by atoms with E-state index in [9.17, 15) is 9.18 Å². The molecule has 5 rings (SSSR count). The maximum Gasteiger partial charge on any atom is 0.271 e. The fourth-order valence-corrected chi connectivity index (χ4v) is 5.57. The van der Waals surface area contributed by atoms with Crippen molar-refractivity contribution in [3.05, 3.63) is 51.8 Å². The Hall–Kier alpha value is -2.82. The number of anilines is 1. The lowest BCUT2D eigenvalue weighted by molar-refractivity contribution is 0.0490. The third-order valence-corrected chi connectivity index (χ3v) is 7.64. The predicted molar refractivity (Wildman–Crippen MR) is 138 cm³/mol. The molecular weight excluding hydrogens is 520 g/mol. The normalized spacial score (nSPS) is 19.4. The number of likely N-dealkylation sites (tertiary alicyclic amines) is 1. The molecule has 0 unspecified atom stereocenters. The molecular formula is C25H28Cl2FN7O2. The van der Waals surface area contributed by atoms with Crippen LogP contribution >= 0.6 is 23.2 Å². The lowest BCUT2D eigenvalue weighted by Crippen LogP contribution is -2.58. The van der Waals surface area contributed by atoms with Crippen LogP contribution in [0.25, 0.3) is 11.6 Å². The van der Waals surface area contributed by atoms with Gasteiger partial charge in [-0.15, -0.1) is 10.2 Å². The van der Waals surface area contributed by atoms with Gasteiger partial charge in [0.2, 0.25) is 11.8 Å². The van der Waals surface area contributed by atoms with Gasteiger partial charge in [0.15, 0.2) is 16.7 Å². The minimum atomic E-state index is -0.795. The molecule has 4 heterocycles. The average Bonchev–Trinajstić information content (AvgIpc) is 3.35. The highest BCUT2D eigenvalue weighted by Gasteiger charge is 2.35. The van der Waals surface area contributed by atoms with E-state index < -0.39 is 5.95 Å². The van der Waals surface area contributed by atoms with E-state index in [1.165, 1.54) is 0 Å². The molecule has 3 aromatic rings. The number of aryl methyl sites for hydroxylation is 1. The summed E-state index contributed by atoms with van der Waals surface area (Å²) in [5.41, 5.74) is 0.508. The topological polar surface area (TPSA) is 91.5 Å². The van der Waals surface area contributed by atoms with E-state index in [-0.39, 0.29) is 28.7 Å². The maximum atomic E-state index is 14.8. The van der Waals surface area contributed by atoms with Gasteiger partial charge in [0, 0.05) is 62.3 Å². The fourth-order valence-electron chi connectivity index (χ4n) is 5.20. The molecule has 0 bridgehead atoms. The number of piperazine rings is 1. The molecule has 0 N–H and O–H groups in total. The van der Waals surface area contributed by atoms with Crippen LogP contribution in [0.4, 0.5) is 10.2 Å². The molecule has 1 amide bonds. The molecule has 0 radical (unpaired) electrons. The van der Waals surface area contributed by atoms with Crippen molar-refractivity contribution >= 4 is 34.9 Å². The molecule has 2 saturated heterocycles. The Labute approximate surface area is 224 Å². The van der Waals surface area contributed by atoms with Crippen molar-refractivity contribution in [1.82, 2.24) is 30.0 Å². The molecule has 12 heteroatoms. The SMILES string of the molecule is CC[C@H]1CN(c2nc(F)c(-c3nnc(C)o3)nc2Cl)CCN1C1CCN(C(=O)c2ccc(Cl)cc2)CC1. The molecule has 196 valence electrons. The van der Waals surface area contributed by atoms with Gasteiger partial charge in [0.05, 0.1) is 0 Å². The van der Waals surface area contributed by atoms with Gasteiger partial charge in [-0.3, -0.25) is 9.69 Å². The molecule has 2 aromatic heterocycles. The second kappa shape index (κ2) is 10.9. The van der Waals surface area contributed by atoms with E-state index in [2.05, 4.69) is 32.0 Å². The van der Waals surface area contributed by atoms with Crippen molar-refractivity contribution in [3.63, 3.8) is 0 Å². The Morgan fingerprint density at radius 1 is 1.08 bits per heavy atom. The second-order valence-corrected chi connectivity index (χ2v) is 10.2. The zero-order valence-corrected chi connectivity index (χ0v) is 22.2. The summed E-state index contributed by atoms with van der Waals surface area (Å²) in [6, 6.07) is 7.66. The standard InChI is InChI=1S/C25H28Cl2FN7O2/c1-3-18-14-34(23-21(27)29-20(22(28)30-23)24-32-31-15(2)37-24)12-13-35(18)19-8-10-33(11-9-19)25(36)16-4-6-17(26)7-5-16/h4-7,18-19H,3,8-14H2,1-2H3/t18-/m0/s1. The smallest absolute Gasteiger partial charge is 0.271 e. The van der Waals surface area contributed by atoms with Crippen LogP contribution in [0.2, 0.25) is 10.2 Å². The minimum Gasteiger partial charge on any atom is -0.419 e. The van der Waals surface area contributed by atoms with E-state index >= 15 is 0 Å².